The van der Waals surface area contributed by atoms with Gasteiger partial charge in [-0.1, -0.05) is 36.7 Å². The third-order valence-electron chi connectivity index (χ3n) is 8.89. The number of nitrogens with one attached hydrogen (secondary N) is 2. The lowest BCUT2D eigenvalue weighted by Gasteiger charge is -2.36. The predicted molar refractivity (Wildman–Crippen MR) is 191 cm³/mol. The monoisotopic (exact) mass is 749 g/mol. The molecule has 14 heteroatoms. The molecule has 3 aromatic rings. The maximum absolute atomic E-state index is 16.6. The first-order chi connectivity index (χ1) is 24.1. The molecule has 1 heterocycles. The van der Waals surface area contributed by atoms with Crippen molar-refractivity contribution >= 4 is 44.4 Å². The molecule has 5 rings (SSSR count). The molecular weight excluding hydrogens is 704 g/mol. The Labute approximate surface area is 303 Å². The molecule has 0 bridgehead atoms. The van der Waals surface area contributed by atoms with Gasteiger partial charge in [-0.2, -0.15) is 13.5 Å². The molecule has 2 fully saturated rings. The van der Waals surface area contributed by atoms with Gasteiger partial charge in [0.05, 0.1) is 22.6 Å². The van der Waals surface area contributed by atoms with Gasteiger partial charge < -0.3 is 24.4 Å². The Morgan fingerprint density at radius 1 is 0.961 bits per heavy atom. The van der Waals surface area contributed by atoms with Crippen LogP contribution in [-0.2, 0) is 25.5 Å². The van der Waals surface area contributed by atoms with Crippen LogP contribution in [-0.4, -0.2) is 68.8 Å². The van der Waals surface area contributed by atoms with E-state index in [1.165, 1.54) is 23.1 Å². The van der Waals surface area contributed by atoms with E-state index in [1.807, 2.05) is 13.0 Å². The summed E-state index contributed by atoms with van der Waals surface area (Å²) in [4.78, 5) is 27.2. The number of amides is 2. The normalized spacial score (nSPS) is 17.0. The molecule has 0 aromatic heterocycles. The number of alkyl carbamates (subject to hydrolysis) is 1. The molecule has 51 heavy (non-hydrogen) atoms. The van der Waals surface area contributed by atoms with Crippen molar-refractivity contribution in [2.45, 2.75) is 107 Å². The van der Waals surface area contributed by atoms with Crippen LogP contribution in [0.3, 0.4) is 0 Å². The summed E-state index contributed by atoms with van der Waals surface area (Å²) in [6.07, 6.45) is 4.81. The van der Waals surface area contributed by atoms with Crippen molar-refractivity contribution in [3.63, 3.8) is 0 Å². The van der Waals surface area contributed by atoms with Gasteiger partial charge >= 0.3 is 6.09 Å². The van der Waals surface area contributed by atoms with Gasteiger partial charge in [0.25, 0.3) is 5.92 Å². The zero-order chi connectivity index (χ0) is 37.0. The number of sulfonamides is 1. The second-order valence-corrected chi connectivity index (χ2v) is 16.2. The summed E-state index contributed by atoms with van der Waals surface area (Å²) >= 11 is 6.21. The second kappa shape index (κ2) is 15.9. The Kier molecular flexibility index (Phi) is 12.0. The van der Waals surface area contributed by atoms with Crippen molar-refractivity contribution in [2.24, 2.45) is 0 Å². The largest absolute Gasteiger partial charge is 0.492 e. The summed E-state index contributed by atoms with van der Waals surface area (Å²) < 4.78 is 79.9. The van der Waals surface area contributed by atoms with Gasteiger partial charge in [-0.3, -0.25) is 4.79 Å². The molecule has 278 valence electrons. The summed E-state index contributed by atoms with van der Waals surface area (Å²) in [5.74, 6) is -4.48. The molecule has 0 radical (unpaired) electrons. The number of halogens is 3. The van der Waals surface area contributed by atoms with E-state index in [9.17, 15) is 18.0 Å². The molecule has 2 amide bonds. The van der Waals surface area contributed by atoms with Crippen LogP contribution in [0, 0.1) is 0 Å². The van der Waals surface area contributed by atoms with Crippen molar-refractivity contribution in [1.82, 2.24) is 14.9 Å². The van der Waals surface area contributed by atoms with Crippen LogP contribution in [0.4, 0.5) is 13.6 Å². The van der Waals surface area contributed by atoms with E-state index >= 15 is 8.78 Å². The summed E-state index contributed by atoms with van der Waals surface area (Å²) in [5, 5.41) is 4.12. The third kappa shape index (κ3) is 9.81. The number of fused-ring (bicyclic) bond motifs is 1. The van der Waals surface area contributed by atoms with Gasteiger partial charge in [-0.15, -0.1) is 0 Å². The van der Waals surface area contributed by atoms with Gasteiger partial charge in [0.2, 0.25) is 15.9 Å². The van der Waals surface area contributed by atoms with Crippen LogP contribution in [0.25, 0.3) is 10.8 Å². The number of carbonyl (C=O) groups is 2. The summed E-state index contributed by atoms with van der Waals surface area (Å²) in [6.45, 7) is 7.25. The number of ether oxygens (including phenoxy) is 3. The molecule has 1 saturated carbocycles. The summed E-state index contributed by atoms with van der Waals surface area (Å²) in [5.41, 5.74) is -1.36. The smallest absolute Gasteiger partial charge is 0.407 e. The number of benzene rings is 3. The van der Waals surface area contributed by atoms with Gasteiger partial charge in [0.15, 0.2) is 6.04 Å². The first-order valence-electron chi connectivity index (χ1n) is 17.4. The topological polar surface area (TPSA) is 123 Å². The van der Waals surface area contributed by atoms with Crippen molar-refractivity contribution in [3.05, 3.63) is 65.2 Å². The van der Waals surface area contributed by atoms with Crippen molar-refractivity contribution < 1.29 is 41.0 Å². The van der Waals surface area contributed by atoms with Gasteiger partial charge in [-0.05, 0) is 113 Å². The number of hydrogen-bond acceptors (Lipinski definition) is 7. The predicted octanol–water partition coefficient (Wildman–Crippen LogP) is 7.56. The minimum Gasteiger partial charge on any atom is -0.492 e. The lowest BCUT2D eigenvalue weighted by atomic mass is 9.98. The number of hydrogen-bond donors (Lipinski definition) is 2. The number of carbonyl (C=O) groups excluding carboxylic acids is 2. The molecule has 1 atom stereocenters. The Morgan fingerprint density at radius 3 is 2.29 bits per heavy atom. The minimum atomic E-state index is -4.67. The quantitative estimate of drug-likeness (QED) is 0.196. The van der Waals surface area contributed by atoms with E-state index in [1.54, 1.807) is 39.0 Å². The Bertz CT molecular complexity index is 1820. The van der Waals surface area contributed by atoms with Crippen LogP contribution >= 0.6 is 11.6 Å². The first-order valence-corrected chi connectivity index (χ1v) is 19.2. The third-order valence-corrected chi connectivity index (χ3v) is 10.6. The molecule has 1 unspecified atom stereocenters. The van der Waals surface area contributed by atoms with Crippen LogP contribution in [0.15, 0.2) is 59.5 Å². The average Bonchev–Trinajstić information content (AvgIpc) is 3.58. The maximum Gasteiger partial charge on any atom is 0.407 e. The molecule has 0 spiro atoms. The lowest BCUT2D eigenvalue weighted by molar-refractivity contribution is -0.145. The molecule has 1 aliphatic carbocycles. The Hall–Kier alpha value is -3.68. The highest BCUT2D eigenvalue weighted by Crippen LogP contribution is 2.38. The van der Waals surface area contributed by atoms with E-state index in [0.29, 0.717) is 22.9 Å². The van der Waals surface area contributed by atoms with Crippen molar-refractivity contribution in [2.75, 3.05) is 19.7 Å². The molecular formula is C37H46ClF2N3O7S. The lowest BCUT2D eigenvalue weighted by Crippen LogP contribution is -2.58. The number of rotatable bonds is 12. The van der Waals surface area contributed by atoms with Crippen LogP contribution < -0.4 is 19.5 Å². The number of alkyl halides is 2. The standard InChI is InChI=1S/C37H46ClF2N3O7S/c1-5-20-48-32-23-26(12-15-31(32)38)37(39,40)33(34(44)43-18-16-27(17-19-43)41-35(45)50-36(2,3)4)42-51(46,47)30-14-11-24-21-29(13-10-25(24)22-30)49-28-8-6-7-9-28/h10-15,21-23,27-28,33,42H,5-9,16-20H2,1-4H3,(H,41,45). The van der Waals surface area contributed by atoms with E-state index in [4.69, 9.17) is 25.8 Å². The zero-order valence-corrected chi connectivity index (χ0v) is 30.9. The molecule has 3 aromatic carbocycles. The summed E-state index contributed by atoms with van der Waals surface area (Å²) in [7, 11) is -4.67. The van der Waals surface area contributed by atoms with Gasteiger partial charge in [-0.25, -0.2) is 13.2 Å². The van der Waals surface area contributed by atoms with Crippen LogP contribution in [0.2, 0.25) is 5.02 Å². The van der Waals surface area contributed by atoms with E-state index in [2.05, 4.69) is 10.0 Å². The number of nitrogens with zero attached hydrogens (tertiary/aromatic N) is 1. The fourth-order valence-electron chi connectivity index (χ4n) is 6.24. The average molecular weight is 750 g/mol. The highest BCUT2D eigenvalue weighted by atomic mass is 35.5. The van der Waals surface area contributed by atoms with Crippen LogP contribution in [0.5, 0.6) is 11.5 Å². The maximum atomic E-state index is 16.6. The SMILES string of the molecule is CCCOc1cc(C(F)(F)C(NS(=O)(=O)c2ccc3cc(OC4CCCC4)ccc3c2)C(=O)N2CCC(NC(=O)OC(C)(C)C)CC2)ccc1Cl. The molecule has 2 aliphatic rings. The van der Waals surface area contributed by atoms with E-state index in [0.717, 1.165) is 37.8 Å². The highest BCUT2D eigenvalue weighted by Gasteiger charge is 2.50. The van der Waals surface area contributed by atoms with Crippen LogP contribution in [0.1, 0.15) is 78.2 Å². The first kappa shape index (κ1) is 38.5. The fourth-order valence-corrected chi connectivity index (χ4v) is 7.64. The van der Waals surface area contributed by atoms with E-state index < -0.39 is 45.2 Å². The summed E-state index contributed by atoms with van der Waals surface area (Å²) in [6, 6.07) is 10.00. The number of likely N-dealkylation sites (tertiary alicyclic amines) is 1. The second-order valence-electron chi connectivity index (χ2n) is 14.1. The Balaban J connectivity index is 1.40. The number of piperidine rings is 1. The van der Waals surface area contributed by atoms with Gasteiger partial charge in [0.1, 0.15) is 17.1 Å². The molecule has 2 N–H and O–H groups in total. The molecule has 1 aliphatic heterocycles. The highest BCUT2D eigenvalue weighted by molar-refractivity contribution is 7.89. The van der Waals surface area contributed by atoms with E-state index in [-0.39, 0.29) is 60.4 Å². The van der Waals surface area contributed by atoms with Crippen molar-refractivity contribution in [3.8, 4) is 11.5 Å². The molecule has 1 saturated heterocycles. The Morgan fingerprint density at radius 2 is 1.63 bits per heavy atom. The van der Waals surface area contributed by atoms with Gasteiger partial charge in [0, 0.05) is 24.7 Å². The van der Waals surface area contributed by atoms with Crippen molar-refractivity contribution in [1.29, 1.82) is 0 Å². The minimum absolute atomic E-state index is 0.000318. The fraction of sp³-hybridized carbons (Fsp3) is 0.514. The molecule has 10 nitrogen and oxygen atoms in total. The zero-order valence-electron chi connectivity index (χ0n) is 29.3.